The summed E-state index contributed by atoms with van der Waals surface area (Å²) in [6.07, 6.45) is 10.4. The Morgan fingerprint density at radius 2 is 1.66 bits per heavy atom. The van der Waals surface area contributed by atoms with Crippen molar-refractivity contribution in [2.24, 2.45) is 5.92 Å². The van der Waals surface area contributed by atoms with Crippen molar-refractivity contribution in [3.63, 3.8) is 0 Å². The molecule has 0 atom stereocenters. The van der Waals surface area contributed by atoms with Gasteiger partial charge in [-0.1, -0.05) is 57.7 Å². The number of hydrogen-bond donors (Lipinski definition) is 0. The Morgan fingerprint density at radius 1 is 1.00 bits per heavy atom. The van der Waals surface area contributed by atoms with E-state index in [-0.39, 0.29) is 5.91 Å². The van der Waals surface area contributed by atoms with E-state index >= 15 is 0 Å². The number of nitrogens with zero attached hydrogens (tertiary/aromatic N) is 2. The standard InChI is InChI=1S/C25H40N2O2/c1-21(2)19-25(28)27-16-10-6-4-3-5-9-15-26(23-13-17-29-18-14-23)20-22-11-7-8-12-24(22)27/h7-8,11-12,21,23H,3-6,9-10,13-20H2,1-2H3. The molecule has 2 heterocycles. The van der Waals surface area contributed by atoms with Gasteiger partial charge in [-0.15, -0.1) is 0 Å². The van der Waals surface area contributed by atoms with Gasteiger partial charge in [0.2, 0.25) is 5.91 Å². The van der Waals surface area contributed by atoms with Crippen LogP contribution in [-0.4, -0.2) is 43.2 Å². The number of ether oxygens (including phenoxy) is 1. The highest BCUT2D eigenvalue weighted by Gasteiger charge is 2.25. The van der Waals surface area contributed by atoms with E-state index in [4.69, 9.17) is 4.74 Å². The van der Waals surface area contributed by atoms with E-state index in [0.29, 0.717) is 18.4 Å². The summed E-state index contributed by atoms with van der Waals surface area (Å²) in [6.45, 7) is 8.96. The Kier molecular flexibility index (Phi) is 9.00. The van der Waals surface area contributed by atoms with Gasteiger partial charge in [-0.2, -0.15) is 0 Å². The summed E-state index contributed by atoms with van der Waals surface area (Å²) >= 11 is 0. The largest absolute Gasteiger partial charge is 0.381 e. The number of rotatable bonds is 3. The van der Waals surface area contributed by atoms with Crippen molar-refractivity contribution in [1.82, 2.24) is 4.90 Å². The Bertz CT molecular complexity index is 625. The Balaban J connectivity index is 1.86. The Hall–Kier alpha value is -1.39. The van der Waals surface area contributed by atoms with Crippen LogP contribution in [0.25, 0.3) is 0 Å². The molecule has 29 heavy (non-hydrogen) atoms. The first-order valence-corrected chi connectivity index (χ1v) is 11.8. The normalized spacial score (nSPS) is 21.1. The van der Waals surface area contributed by atoms with Crippen LogP contribution in [0.1, 0.15) is 77.2 Å². The molecule has 4 heteroatoms. The summed E-state index contributed by atoms with van der Waals surface area (Å²) < 4.78 is 5.62. The van der Waals surface area contributed by atoms with Gasteiger partial charge in [-0.25, -0.2) is 0 Å². The van der Waals surface area contributed by atoms with Crippen LogP contribution in [-0.2, 0) is 16.1 Å². The lowest BCUT2D eigenvalue weighted by atomic mass is 10.0. The number of carbonyl (C=O) groups is 1. The molecule has 0 unspecified atom stereocenters. The molecule has 0 bridgehead atoms. The average molecular weight is 401 g/mol. The van der Waals surface area contributed by atoms with Crippen molar-refractivity contribution < 1.29 is 9.53 Å². The van der Waals surface area contributed by atoms with Gasteiger partial charge in [-0.05, 0) is 49.8 Å². The number of anilines is 1. The van der Waals surface area contributed by atoms with Crippen molar-refractivity contribution in [3.05, 3.63) is 29.8 Å². The molecule has 0 N–H and O–H groups in total. The van der Waals surface area contributed by atoms with Gasteiger partial charge in [0.05, 0.1) is 0 Å². The predicted molar refractivity (Wildman–Crippen MR) is 120 cm³/mol. The maximum absolute atomic E-state index is 13.1. The lowest BCUT2D eigenvalue weighted by molar-refractivity contribution is -0.119. The van der Waals surface area contributed by atoms with Gasteiger partial charge in [-0.3, -0.25) is 9.69 Å². The molecule has 1 saturated heterocycles. The average Bonchev–Trinajstić information content (AvgIpc) is 2.74. The minimum atomic E-state index is 0.278. The maximum Gasteiger partial charge on any atom is 0.227 e. The zero-order valence-electron chi connectivity index (χ0n) is 18.6. The third-order valence-corrected chi connectivity index (χ3v) is 6.32. The van der Waals surface area contributed by atoms with E-state index in [0.717, 1.165) is 57.8 Å². The summed E-state index contributed by atoms with van der Waals surface area (Å²) in [4.78, 5) is 17.9. The molecular weight excluding hydrogens is 360 g/mol. The van der Waals surface area contributed by atoms with Gasteiger partial charge in [0.15, 0.2) is 0 Å². The Morgan fingerprint density at radius 3 is 2.38 bits per heavy atom. The first-order chi connectivity index (χ1) is 14.1. The number of amides is 1. The summed E-state index contributed by atoms with van der Waals surface area (Å²) in [5, 5.41) is 0. The predicted octanol–water partition coefficient (Wildman–Crippen LogP) is 5.40. The van der Waals surface area contributed by atoms with Crippen LogP contribution in [0.4, 0.5) is 5.69 Å². The zero-order chi connectivity index (χ0) is 20.5. The number of hydrogen-bond acceptors (Lipinski definition) is 3. The molecule has 1 aromatic rings. The van der Waals surface area contributed by atoms with Crippen LogP contribution in [0.5, 0.6) is 0 Å². The lowest BCUT2D eigenvalue weighted by Gasteiger charge is -2.35. The quantitative estimate of drug-likeness (QED) is 0.681. The second-order valence-electron chi connectivity index (χ2n) is 9.21. The van der Waals surface area contributed by atoms with E-state index in [1.807, 2.05) is 0 Å². The van der Waals surface area contributed by atoms with Crippen molar-refractivity contribution in [1.29, 1.82) is 0 Å². The number of benzene rings is 1. The number of fused-ring (bicyclic) bond motifs is 1. The lowest BCUT2D eigenvalue weighted by Crippen LogP contribution is -2.40. The summed E-state index contributed by atoms with van der Waals surface area (Å²) in [7, 11) is 0. The third-order valence-electron chi connectivity index (χ3n) is 6.32. The first-order valence-electron chi connectivity index (χ1n) is 11.8. The van der Waals surface area contributed by atoms with Crippen molar-refractivity contribution >= 4 is 11.6 Å². The molecule has 0 aliphatic carbocycles. The molecule has 1 amide bonds. The summed E-state index contributed by atoms with van der Waals surface area (Å²) in [5.41, 5.74) is 2.44. The Labute approximate surface area is 177 Å². The van der Waals surface area contributed by atoms with Gasteiger partial charge >= 0.3 is 0 Å². The van der Waals surface area contributed by atoms with Gasteiger partial charge < -0.3 is 9.64 Å². The third kappa shape index (κ3) is 6.82. The van der Waals surface area contributed by atoms with Crippen LogP contribution in [0, 0.1) is 5.92 Å². The second kappa shape index (κ2) is 11.7. The van der Waals surface area contributed by atoms with Crippen molar-refractivity contribution in [3.8, 4) is 0 Å². The molecule has 0 aromatic heterocycles. The fourth-order valence-corrected chi connectivity index (χ4v) is 4.70. The fourth-order valence-electron chi connectivity index (χ4n) is 4.70. The van der Waals surface area contributed by atoms with Crippen molar-refractivity contribution in [2.45, 2.75) is 84.2 Å². The molecule has 0 saturated carbocycles. The van der Waals surface area contributed by atoms with Crippen LogP contribution in [0.2, 0.25) is 0 Å². The topological polar surface area (TPSA) is 32.8 Å². The van der Waals surface area contributed by atoms with Gasteiger partial charge in [0.25, 0.3) is 0 Å². The molecule has 4 nitrogen and oxygen atoms in total. The van der Waals surface area contributed by atoms with Crippen molar-refractivity contribution in [2.75, 3.05) is 31.2 Å². The van der Waals surface area contributed by atoms with Crippen LogP contribution in [0.3, 0.4) is 0 Å². The maximum atomic E-state index is 13.1. The SMILES string of the molecule is CC(C)CC(=O)N1CCCCCCCCN(C2CCOCC2)Cc2ccccc21. The fraction of sp³-hybridized carbons (Fsp3) is 0.720. The molecule has 0 spiro atoms. The molecule has 162 valence electrons. The van der Waals surface area contributed by atoms with Crippen LogP contribution >= 0.6 is 0 Å². The summed E-state index contributed by atoms with van der Waals surface area (Å²) in [6, 6.07) is 9.21. The van der Waals surface area contributed by atoms with E-state index in [2.05, 4.69) is 47.9 Å². The van der Waals surface area contributed by atoms with Crippen LogP contribution in [0.15, 0.2) is 24.3 Å². The molecule has 0 radical (unpaired) electrons. The first kappa shape index (κ1) is 22.3. The molecule has 3 rings (SSSR count). The number of para-hydroxylation sites is 1. The molecule has 1 aromatic carbocycles. The zero-order valence-corrected chi connectivity index (χ0v) is 18.6. The van der Waals surface area contributed by atoms with E-state index in [1.54, 1.807) is 0 Å². The second-order valence-corrected chi connectivity index (χ2v) is 9.21. The highest BCUT2D eigenvalue weighted by Crippen LogP contribution is 2.27. The smallest absolute Gasteiger partial charge is 0.227 e. The van der Waals surface area contributed by atoms with Gasteiger partial charge in [0, 0.05) is 44.5 Å². The monoisotopic (exact) mass is 400 g/mol. The highest BCUT2D eigenvalue weighted by atomic mass is 16.5. The van der Waals surface area contributed by atoms with Crippen LogP contribution < -0.4 is 4.90 Å². The van der Waals surface area contributed by atoms with Gasteiger partial charge in [0.1, 0.15) is 0 Å². The van der Waals surface area contributed by atoms with E-state index < -0.39 is 0 Å². The molecule has 1 fully saturated rings. The molecule has 2 aliphatic heterocycles. The van der Waals surface area contributed by atoms with E-state index in [1.165, 1.54) is 37.7 Å². The summed E-state index contributed by atoms with van der Waals surface area (Å²) in [5.74, 6) is 0.665. The molecule has 2 aliphatic rings. The van der Waals surface area contributed by atoms with E-state index in [9.17, 15) is 4.79 Å². The minimum absolute atomic E-state index is 0.278. The minimum Gasteiger partial charge on any atom is -0.381 e. The number of carbonyl (C=O) groups excluding carboxylic acids is 1. The molecular formula is C25H40N2O2. The highest BCUT2D eigenvalue weighted by molar-refractivity contribution is 5.94.